The molecule has 152 valence electrons. The van der Waals surface area contributed by atoms with Crippen LogP contribution in [-0.4, -0.2) is 21.9 Å². The van der Waals surface area contributed by atoms with Gasteiger partial charge in [-0.25, -0.2) is 0 Å². The summed E-state index contributed by atoms with van der Waals surface area (Å²) in [6.07, 6.45) is 8.88. The number of aromatic hydroxyl groups is 1. The molecule has 1 aliphatic carbocycles. The quantitative estimate of drug-likeness (QED) is 0.649. The third-order valence-electron chi connectivity index (χ3n) is 6.37. The number of aliphatic hydroxyl groups is 1. The topological polar surface area (TPSA) is 66.8 Å². The van der Waals surface area contributed by atoms with Crippen molar-refractivity contribution >= 4 is 0 Å². The van der Waals surface area contributed by atoms with Crippen LogP contribution in [0.5, 0.6) is 11.5 Å². The first-order chi connectivity index (χ1) is 13.0. The fraction of sp³-hybridized carbons (Fsp3) is 0.542. The number of rotatable bonds is 0. The Hall–Kier alpha value is -2.07. The number of aryl methyl sites for hydroxylation is 1. The van der Waals surface area contributed by atoms with Crippen LogP contribution in [0.15, 0.2) is 40.7 Å². The van der Waals surface area contributed by atoms with Gasteiger partial charge < -0.3 is 14.9 Å². The highest BCUT2D eigenvalue weighted by Crippen LogP contribution is 2.43. The van der Waals surface area contributed by atoms with Crippen molar-refractivity contribution in [2.45, 2.75) is 72.0 Å². The molecule has 0 unspecified atom stereocenters. The minimum Gasteiger partial charge on any atom is -0.504 e. The van der Waals surface area contributed by atoms with E-state index in [9.17, 15) is 15.0 Å². The highest BCUT2D eigenvalue weighted by Gasteiger charge is 2.42. The highest BCUT2D eigenvalue weighted by molar-refractivity contribution is 5.44. The van der Waals surface area contributed by atoms with Gasteiger partial charge >= 0.3 is 0 Å². The van der Waals surface area contributed by atoms with E-state index in [4.69, 9.17) is 4.74 Å². The van der Waals surface area contributed by atoms with Crippen LogP contribution < -0.4 is 10.2 Å². The van der Waals surface area contributed by atoms with E-state index in [2.05, 4.69) is 39.0 Å². The maximum absolute atomic E-state index is 12.2. The highest BCUT2D eigenvalue weighted by atomic mass is 16.5. The molecule has 1 aliphatic heterocycles. The summed E-state index contributed by atoms with van der Waals surface area (Å²) in [5, 5.41) is 20.8. The van der Waals surface area contributed by atoms with Crippen LogP contribution in [0, 0.1) is 18.3 Å². The predicted molar refractivity (Wildman–Crippen MR) is 112 cm³/mol. The molecule has 0 saturated carbocycles. The van der Waals surface area contributed by atoms with E-state index in [0.29, 0.717) is 25.0 Å². The van der Waals surface area contributed by atoms with Crippen molar-refractivity contribution in [1.82, 2.24) is 0 Å². The fourth-order valence-electron chi connectivity index (χ4n) is 4.22. The molecule has 0 bridgehead atoms. The van der Waals surface area contributed by atoms with Gasteiger partial charge in [-0.05, 0) is 68.2 Å². The van der Waals surface area contributed by atoms with Crippen molar-refractivity contribution in [3.8, 4) is 11.5 Å². The average Bonchev–Trinajstić information content (AvgIpc) is 2.70. The first kappa shape index (κ1) is 20.7. The summed E-state index contributed by atoms with van der Waals surface area (Å²) in [5.41, 5.74) is 1.80. The Bertz CT molecular complexity index is 881. The van der Waals surface area contributed by atoms with Crippen molar-refractivity contribution in [3.63, 3.8) is 0 Å². The number of hydrogen-bond donors (Lipinski definition) is 2. The van der Waals surface area contributed by atoms with E-state index in [0.717, 1.165) is 23.1 Å². The Morgan fingerprint density at radius 3 is 2.57 bits per heavy atom. The minimum atomic E-state index is -0.534. The maximum atomic E-state index is 12.2. The Morgan fingerprint density at radius 2 is 1.86 bits per heavy atom. The molecule has 4 nitrogen and oxygen atoms in total. The lowest BCUT2D eigenvalue weighted by molar-refractivity contribution is -0.00739. The van der Waals surface area contributed by atoms with Crippen LogP contribution in [0.2, 0.25) is 0 Å². The summed E-state index contributed by atoms with van der Waals surface area (Å²) in [5.74, 6) is 0.372. The molecular weight excluding hydrogens is 352 g/mol. The van der Waals surface area contributed by atoms with E-state index >= 15 is 0 Å². The standard InChI is InChI=1S/C24H32O4/c1-15-7-10-23(3,4)8-6-9-24(5)17(13-19(15)25)12-18-16(2)11-20(26)21(27)14-22(18)28-24/h6-8,11,14,17,19,25H,9-10,12-13H2,1-5H3,(H,26,27)/b8-6+,15-7+/t17-,19-,24-/m0/s1. The molecule has 0 saturated heterocycles. The SMILES string of the molecule is C/C1=C\CC(C)(C)/C=C/C[C@]2(C)Oc3cc(=O)c(O)cc(C)c3C[C@H]2C[C@@H]1O. The van der Waals surface area contributed by atoms with Crippen LogP contribution >= 0.6 is 0 Å². The maximum Gasteiger partial charge on any atom is 0.223 e. The van der Waals surface area contributed by atoms with E-state index in [-0.39, 0.29) is 17.1 Å². The molecule has 0 fully saturated rings. The number of allylic oxidation sites excluding steroid dienone is 2. The second-order valence-corrected chi connectivity index (χ2v) is 9.38. The molecule has 2 N–H and O–H groups in total. The molecule has 28 heavy (non-hydrogen) atoms. The Kier molecular flexibility index (Phi) is 5.46. The predicted octanol–water partition coefficient (Wildman–Crippen LogP) is 4.44. The number of fused-ring (bicyclic) bond motifs is 2. The molecule has 3 atom stereocenters. The summed E-state index contributed by atoms with van der Waals surface area (Å²) in [6.45, 7) is 10.3. The summed E-state index contributed by atoms with van der Waals surface area (Å²) in [4.78, 5) is 12.2. The first-order valence-corrected chi connectivity index (χ1v) is 10.1. The molecule has 0 aromatic heterocycles. The van der Waals surface area contributed by atoms with Gasteiger partial charge in [-0.3, -0.25) is 4.79 Å². The van der Waals surface area contributed by atoms with Crippen LogP contribution in [0.1, 0.15) is 58.1 Å². The lowest BCUT2D eigenvalue weighted by Gasteiger charge is -2.43. The lowest BCUT2D eigenvalue weighted by atomic mass is 9.75. The second kappa shape index (κ2) is 7.40. The number of ether oxygens (including phenoxy) is 1. The summed E-state index contributed by atoms with van der Waals surface area (Å²) in [7, 11) is 0. The zero-order valence-electron chi connectivity index (χ0n) is 17.6. The summed E-state index contributed by atoms with van der Waals surface area (Å²) >= 11 is 0. The monoisotopic (exact) mass is 384 g/mol. The lowest BCUT2D eigenvalue weighted by Crippen LogP contribution is -2.46. The molecule has 1 aromatic carbocycles. The molecule has 1 aromatic rings. The Balaban J connectivity index is 2.09. The van der Waals surface area contributed by atoms with Crippen LogP contribution in [0.3, 0.4) is 0 Å². The summed E-state index contributed by atoms with van der Waals surface area (Å²) in [6, 6.07) is 2.92. The number of hydrogen-bond acceptors (Lipinski definition) is 4. The van der Waals surface area contributed by atoms with Gasteiger partial charge in [0.05, 0.1) is 6.10 Å². The molecule has 2 aliphatic rings. The van der Waals surface area contributed by atoms with Gasteiger partial charge in [0.25, 0.3) is 0 Å². The van der Waals surface area contributed by atoms with E-state index in [1.54, 1.807) is 0 Å². The van der Waals surface area contributed by atoms with Gasteiger partial charge in [-0.2, -0.15) is 0 Å². The minimum absolute atomic E-state index is 0.000751. The Morgan fingerprint density at radius 1 is 1.14 bits per heavy atom. The number of aliphatic hydroxyl groups excluding tert-OH is 1. The third-order valence-corrected chi connectivity index (χ3v) is 6.37. The zero-order chi connectivity index (χ0) is 20.7. The van der Waals surface area contributed by atoms with Gasteiger partial charge in [0.15, 0.2) is 5.75 Å². The van der Waals surface area contributed by atoms with Crippen LogP contribution in [-0.2, 0) is 6.42 Å². The van der Waals surface area contributed by atoms with Crippen molar-refractivity contribution in [2.24, 2.45) is 11.3 Å². The molecule has 1 heterocycles. The van der Waals surface area contributed by atoms with Gasteiger partial charge in [-0.15, -0.1) is 0 Å². The first-order valence-electron chi connectivity index (χ1n) is 10.1. The largest absolute Gasteiger partial charge is 0.504 e. The van der Waals surface area contributed by atoms with Crippen LogP contribution in [0.25, 0.3) is 0 Å². The molecule has 0 amide bonds. The molecule has 3 rings (SSSR count). The Labute approximate surface area is 167 Å². The molecular formula is C24H32O4. The van der Waals surface area contributed by atoms with Gasteiger partial charge in [0.2, 0.25) is 5.43 Å². The molecule has 0 spiro atoms. The van der Waals surface area contributed by atoms with E-state index in [1.807, 2.05) is 13.8 Å². The average molecular weight is 385 g/mol. The van der Waals surface area contributed by atoms with Crippen molar-refractivity contribution in [3.05, 3.63) is 57.3 Å². The van der Waals surface area contributed by atoms with Gasteiger partial charge in [0, 0.05) is 18.4 Å². The van der Waals surface area contributed by atoms with Crippen molar-refractivity contribution in [2.75, 3.05) is 0 Å². The fourth-order valence-corrected chi connectivity index (χ4v) is 4.22. The molecule has 0 radical (unpaired) electrons. The summed E-state index contributed by atoms with van der Waals surface area (Å²) < 4.78 is 6.43. The molecule has 4 heteroatoms. The van der Waals surface area contributed by atoms with Gasteiger partial charge in [-0.1, -0.05) is 32.1 Å². The van der Waals surface area contributed by atoms with Gasteiger partial charge in [0.1, 0.15) is 11.4 Å². The van der Waals surface area contributed by atoms with E-state index < -0.39 is 17.1 Å². The van der Waals surface area contributed by atoms with Crippen molar-refractivity contribution in [1.29, 1.82) is 0 Å². The van der Waals surface area contributed by atoms with Crippen molar-refractivity contribution < 1.29 is 14.9 Å². The normalized spacial score (nSPS) is 32.6. The second-order valence-electron chi connectivity index (χ2n) is 9.38. The van der Waals surface area contributed by atoms with E-state index in [1.165, 1.54) is 12.1 Å². The third kappa shape index (κ3) is 4.17. The van der Waals surface area contributed by atoms with Crippen LogP contribution in [0.4, 0.5) is 0 Å². The smallest absolute Gasteiger partial charge is 0.223 e. The zero-order valence-corrected chi connectivity index (χ0v) is 17.6.